The Morgan fingerprint density at radius 2 is 1.95 bits per heavy atom. The summed E-state index contributed by atoms with van der Waals surface area (Å²) in [6, 6.07) is 6.37. The van der Waals surface area contributed by atoms with E-state index in [0.717, 1.165) is 5.56 Å². The minimum absolute atomic E-state index is 0.0699. The number of rotatable bonds is 4. The van der Waals surface area contributed by atoms with Crippen LogP contribution in [0.1, 0.15) is 19.9 Å². The molecule has 5 nitrogen and oxygen atoms in total. The van der Waals surface area contributed by atoms with Crippen LogP contribution in [0.2, 0.25) is 5.02 Å². The molecule has 0 amide bonds. The van der Waals surface area contributed by atoms with E-state index in [0.29, 0.717) is 10.8 Å². The van der Waals surface area contributed by atoms with Crippen molar-refractivity contribution in [3.63, 3.8) is 0 Å². The summed E-state index contributed by atoms with van der Waals surface area (Å²) in [6.07, 6.45) is 1.45. The van der Waals surface area contributed by atoms with Crippen molar-refractivity contribution in [1.29, 1.82) is 0 Å². The monoisotopic (exact) mass is 279 g/mol. The lowest BCUT2D eigenvalue weighted by Gasteiger charge is -2.19. The average molecular weight is 280 g/mol. The number of aromatic nitrogens is 3. The van der Waals surface area contributed by atoms with E-state index >= 15 is 0 Å². The lowest BCUT2D eigenvalue weighted by Crippen LogP contribution is -2.24. The van der Waals surface area contributed by atoms with Gasteiger partial charge in [0, 0.05) is 10.6 Å². The van der Waals surface area contributed by atoms with Crippen LogP contribution in [0, 0.1) is 5.92 Å². The second kappa shape index (κ2) is 5.40. The quantitative estimate of drug-likeness (QED) is 0.934. The minimum atomic E-state index is -0.898. The maximum Gasteiger partial charge on any atom is 0.327 e. The zero-order valence-corrected chi connectivity index (χ0v) is 11.4. The Balaban J connectivity index is 2.47. The van der Waals surface area contributed by atoms with Crippen LogP contribution in [0.5, 0.6) is 0 Å². The number of benzene rings is 1. The van der Waals surface area contributed by atoms with E-state index < -0.39 is 12.0 Å². The molecule has 6 heteroatoms. The summed E-state index contributed by atoms with van der Waals surface area (Å²) in [5.74, 6) is -0.442. The number of hydrogen-bond acceptors (Lipinski definition) is 3. The SMILES string of the molecule is CC(C)C(C(=O)O)n1cnnc1-c1ccc(Cl)cc1. The standard InChI is InChI=1S/C13H14ClN3O2/c1-8(2)11(13(18)19)17-7-15-16-12(17)9-3-5-10(14)6-4-9/h3-8,11H,1-2H3,(H,18,19). The fourth-order valence-electron chi connectivity index (χ4n) is 1.98. The fraction of sp³-hybridized carbons (Fsp3) is 0.308. The minimum Gasteiger partial charge on any atom is -0.480 e. The summed E-state index contributed by atoms with van der Waals surface area (Å²) in [4.78, 5) is 11.4. The van der Waals surface area contributed by atoms with Crippen molar-refractivity contribution in [2.75, 3.05) is 0 Å². The number of carboxylic acids is 1. The molecule has 1 atom stereocenters. The van der Waals surface area contributed by atoms with Crippen molar-refractivity contribution in [3.8, 4) is 11.4 Å². The molecule has 1 heterocycles. The van der Waals surface area contributed by atoms with E-state index in [9.17, 15) is 9.90 Å². The number of halogens is 1. The van der Waals surface area contributed by atoms with Crippen molar-refractivity contribution in [3.05, 3.63) is 35.6 Å². The van der Waals surface area contributed by atoms with Crippen molar-refractivity contribution in [1.82, 2.24) is 14.8 Å². The van der Waals surface area contributed by atoms with Crippen molar-refractivity contribution >= 4 is 17.6 Å². The molecule has 0 spiro atoms. The molecule has 0 aliphatic heterocycles. The summed E-state index contributed by atoms with van der Waals surface area (Å²) in [5, 5.41) is 17.8. The molecule has 0 saturated heterocycles. The second-order valence-electron chi connectivity index (χ2n) is 4.60. The molecular weight excluding hydrogens is 266 g/mol. The van der Waals surface area contributed by atoms with Gasteiger partial charge in [-0.15, -0.1) is 10.2 Å². The summed E-state index contributed by atoms with van der Waals surface area (Å²) >= 11 is 5.84. The second-order valence-corrected chi connectivity index (χ2v) is 5.03. The zero-order valence-electron chi connectivity index (χ0n) is 10.6. The topological polar surface area (TPSA) is 68.0 Å². The third-order valence-corrected chi connectivity index (χ3v) is 3.11. The van der Waals surface area contributed by atoms with Crippen LogP contribution >= 0.6 is 11.6 Å². The van der Waals surface area contributed by atoms with Gasteiger partial charge in [0.2, 0.25) is 0 Å². The molecule has 0 radical (unpaired) electrons. The maximum atomic E-state index is 11.4. The Hall–Kier alpha value is -1.88. The van der Waals surface area contributed by atoms with Crippen LogP contribution in [0.4, 0.5) is 0 Å². The zero-order chi connectivity index (χ0) is 14.0. The molecule has 0 aliphatic rings. The molecule has 0 fully saturated rings. The molecule has 100 valence electrons. The van der Waals surface area contributed by atoms with E-state index in [1.54, 1.807) is 28.8 Å². The molecule has 19 heavy (non-hydrogen) atoms. The largest absolute Gasteiger partial charge is 0.480 e. The molecule has 1 aromatic heterocycles. The molecule has 0 bridgehead atoms. The van der Waals surface area contributed by atoms with Gasteiger partial charge in [0.05, 0.1) is 0 Å². The first-order valence-corrected chi connectivity index (χ1v) is 6.26. The highest BCUT2D eigenvalue weighted by Gasteiger charge is 2.26. The van der Waals surface area contributed by atoms with Crippen molar-refractivity contribution in [2.24, 2.45) is 5.92 Å². The van der Waals surface area contributed by atoms with E-state index in [1.807, 2.05) is 13.8 Å². The lowest BCUT2D eigenvalue weighted by molar-refractivity contribution is -0.142. The van der Waals surface area contributed by atoms with Gasteiger partial charge in [0.1, 0.15) is 12.4 Å². The van der Waals surface area contributed by atoms with E-state index in [1.165, 1.54) is 6.33 Å². The van der Waals surface area contributed by atoms with Gasteiger partial charge in [-0.05, 0) is 30.2 Å². The lowest BCUT2D eigenvalue weighted by atomic mass is 10.0. The van der Waals surface area contributed by atoms with Crippen LogP contribution in [-0.4, -0.2) is 25.8 Å². The predicted octanol–water partition coefficient (Wildman–Crippen LogP) is 2.88. The Kier molecular flexibility index (Phi) is 3.85. The highest BCUT2D eigenvalue weighted by molar-refractivity contribution is 6.30. The smallest absolute Gasteiger partial charge is 0.327 e. The van der Waals surface area contributed by atoms with Gasteiger partial charge >= 0.3 is 5.97 Å². The molecule has 1 aromatic carbocycles. The van der Waals surface area contributed by atoms with Crippen molar-refractivity contribution in [2.45, 2.75) is 19.9 Å². The normalized spacial score (nSPS) is 12.6. The molecule has 0 saturated carbocycles. The van der Waals surface area contributed by atoms with Crippen LogP contribution < -0.4 is 0 Å². The van der Waals surface area contributed by atoms with E-state index in [-0.39, 0.29) is 5.92 Å². The molecule has 1 N–H and O–H groups in total. The summed E-state index contributed by atoms with van der Waals surface area (Å²) < 4.78 is 1.58. The number of carboxylic acid groups (broad SMARTS) is 1. The average Bonchev–Trinajstić information content (AvgIpc) is 2.78. The number of nitrogens with zero attached hydrogens (tertiary/aromatic N) is 3. The third-order valence-electron chi connectivity index (χ3n) is 2.86. The molecule has 1 unspecified atom stereocenters. The number of carbonyl (C=O) groups is 1. The summed E-state index contributed by atoms with van der Waals surface area (Å²) in [7, 11) is 0. The van der Waals surface area contributed by atoms with Crippen molar-refractivity contribution < 1.29 is 9.90 Å². The van der Waals surface area contributed by atoms with E-state index in [4.69, 9.17) is 11.6 Å². The molecule has 2 aromatic rings. The van der Waals surface area contributed by atoms with Gasteiger partial charge in [-0.3, -0.25) is 4.57 Å². The van der Waals surface area contributed by atoms with Crippen LogP contribution in [0.15, 0.2) is 30.6 Å². The first-order valence-electron chi connectivity index (χ1n) is 5.89. The van der Waals surface area contributed by atoms with Gasteiger partial charge in [-0.25, -0.2) is 4.79 Å². The number of aliphatic carboxylic acids is 1. The van der Waals surface area contributed by atoms with Gasteiger partial charge < -0.3 is 5.11 Å². The van der Waals surface area contributed by atoms with Crippen LogP contribution in [-0.2, 0) is 4.79 Å². The fourth-order valence-corrected chi connectivity index (χ4v) is 2.10. The summed E-state index contributed by atoms with van der Waals surface area (Å²) in [6.45, 7) is 3.70. The Labute approximate surface area is 115 Å². The highest BCUT2D eigenvalue weighted by Crippen LogP contribution is 2.26. The van der Waals surface area contributed by atoms with Crippen LogP contribution in [0.3, 0.4) is 0 Å². The third kappa shape index (κ3) is 2.76. The predicted molar refractivity (Wildman–Crippen MR) is 72.0 cm³/mol. The van der Waals surface area contributed by atoms with Gasteiger partial charge in [0.25, 0.3) is 0 Å². The van der Waals surface area contributed by atoms with Gasteiger partial charge in [-0.2, -0.15) is 0 Å². The van der Waals surface area contributed by atoms with Gasteiger partial charge in [-0.1, -0.05) is 25.4 Å². The Morgan fingerprint density at radius 1 is 1.32 bits per heavy atom. The Morgan fingerprint density at radius 3 is 2.47 bits per heavy atom. The molecule has 2 rings (SSSR count). The molecule has 0 aliphatic carbocycles. The van der Waals surface area contributed by atoms with Crippen LogP contribution in [0.25, 0.3) is 11.4 Å². The maximum absolute atomic E-state index is 11.4. The first kappa shape index (κ1) is 13.5. The summed E-state index contributed by atoms with van der Waals surface area (Å²) in [5.41, 5.74) is 0.786. The number of hydrogen-bond donors (Lipinski definition) is 1. The first-order chi connectivity index (χ1) is 9.00. The Bertz CT molecular complexity index is 578. The molecular formula is C13H14ClN3O2. The van der Waals surface area contributed by atoms with E-state index in [2.05, 4.69) is 10.2 Å². The highest BCUT2D eigenvalue weighted by atomic mass is 35.5. The van der Waals surface area contributed by atoms with Gasteiger partial charge in [0.15, 0.2) is 5.82 Å².